The van der Waals surface area contributed by atoms with Gasteiger partial charge in [-0.25, -0.2) is 4.98 Å². The Morgan fingerprint density at radius 1 is 1.71 bits per heavy atom. The second-order valence-electron chi connectivity index (χ2n) is 3.38. The van der Waals surface area contributed by atoms with Crippen molar-refractivity contribution in [2.45, 2.75) is 25.7 Å². The van der Waals surface area contributed by atoms with Crippen molar-refractivity contribution in [1.29, 1.82) is 0 Å². The lowest BCUT2D eigenvalue weighted by atomic mass is 10.1. The highest BCUT2D eigenvalue weighted by atomic mass is 32.1. The summed E-state index contributed by atoms with van der Waals surface area (Å²) in [5, 5.41) is 9.83. The van der Waals surface area contributed by atoms with Crippen LogP contribution in [0.1, 0.15) is 35.6 Å². The van der Waals surface area contributed by atoms with Gasteiger partial charge >= 0.3 is 5.97 Å². The third kappa shape index (κ3) is 2.30. The first-order valence-electron chi connectivity index (χ1n) is 4.44. The number of nitrogens with zero attached hydrogens (tertiary/aromatic N) is 1. The zero-order valence-corrected chi connectivity index (χ0v) is 9.04. The molecule has 0 fully saturated rings. The molecule has 0 saturated carbocycles. The summed E-state index contributed by atoms with van der Waals surface area (Å²) in [6, 6.07) is 0. The molecular weight excluding hydrogens is 200 g/mol. The van der Waals surface area contributed by atoms with Gasteiger partial charge in [0.15, 0.2) is 0 Å². The molecule has 0 aromatic carbocycles. The molecule has 1 aromatic rings. The molecular formula is C9H14N2O2S. The zero-order chi connectivity index (χ0) is 10.7. The minimum absolute atomic E-state index is 0.120. The Balaban J connectivity index is 2.89. The molecule has 0 aliphatic carbocycles. The Morgan fingerprint density at radius 2 is 2.36 bits per heavy atom. The lowest BCUT2D eigenvalue weighted by molar-refractivity contribution is -0.138. The smallest absolute Gasteiger partial charge is 0.313 e. The van der Waals surface area contributed by atoms with Crippen LogP contribution < -0.4 is 5.73 Å². The van der Waals surface area contributed by atoms with Crippen LogP contribution in [0.4, 0.5) is 0 Å². The van der Waals surface area contributed by atoms with Crippen LogP contribution in [-0.2, 0) is 4.79 Å². The third-order valence-corrected chi connectivity index (χ3v) is 3.32. The molecule has 0 amide bonds. The molecule has 5 heteroatoms. The van der Waals surface area contributed by atoms with Gasteiger partial charge in [0.05, 0.1) is 5.01 Å². The highest BCUT2D eigenvalue weighted by Gasteiger charge is 2.21. The Morgan fingerprint density at radius 3 is 2.71 bits per heavy atom. The Labute approximate surface area is 86.8 Å². The number of hydrogen-bond acceptors (Lipinski definition) is 4. The van der Waals surface area contributed by atoms with Gasteiger partial charge in [-0.3, -0.25) is 4.79 Å². The van der Waals surface area contributed by atoms with E-state index in [4.69, 9.17) is 10.8 Å². The van der Waals surface area contributed by atoms with Crippen molar-refractivity contribution >= 4 is 17.3 Å². The van der Waals surface area contributed by atoms with Crippen LogP contribution in [0.2, 0.25) is 0 Å². The number of nitrogens with two attached hydrogens (primary N) is 1. The maximum atomic E-state index is 10.8. The summed E-state index contributed by atoms with van der Waals surface area (Å²) >= 11 is 1.43. The number of carbonyl (C=O) groups is 1. The molecule has 1 unspecified atom stereocenters. The van der Waals surface area contributed by atoms with Crippen LogP contribution >= 0.6 is 11.3 Å². The third-order valence-electron chi connectivity index (χ3n) is 1.91. The van der Waals surface area contributed by atoms with Gasteiger partial charge in [0, 0.05) is 23.5 Å². The number of aromatic nitrogens is 1. The minimum atomic E-state index is -0.883. The molecule has 1 heterocycles. The molecule has 0 aliphatic rings. The van der Waals surface area contributed by atoms with Crippen LogP contribution in [0.25, 0.3) is 0 Å². The van der Waals surface area contributed by atoms with E-state index in [1.807, 2.05) is 13.8 Å². The molecule has 0 spiro atoms. The molecule has 0 bridgehead atoms. The molecule has 0 saturated heterocycles. The second kappa shape index (κ2) is 4.52. The van der Waals surface area contributed by atoms with E-state index in [-0.39, 0.29) is 6.54 Å². The van der Waals surface area contributed by atoms with E-state index < -0.39 is 11.9 Å². The maximum Gasteiger partial charge on any atom is 0.313 e. The maximum absolute atomic E-state index is 10.8. The average Bonchev–Trinajstić information content (AvgIpc) is 2.53. The Bertz CT molecular complexity index is 322. The van der Waals surface area contributed by atoms with Gasteiger partial charge in [-0.1, -0.05) is 13.8 Å². The number of aliphatic carboxylic acids is 1. The van der Waals surface area contributed by atoms with Gasteiger partial charge in [-0.2, -0.15) is 0 Å². The molecule has 1 atom stereocenters. The fourth-order valence-corrected chi connectivity index (χ4v) is 2.09. The summed E-state index contributed by atoms with van der Waals surface area (Å²) in [6.45, 7) is 4.18. The fraction of sp³-hybridized carbons (Fsp3) is 0.556. The molecule has 78 valence electrons. The molecule has 3 N–H and O–H groups in total. The molecule has 0 aliphatic heterocycles. The number of thiazole rings is 1. The van der Waals surface area contributed by atoms with Gasteiger partial charge in [0.2, 0.25) is 0 Å². The van der Waals surface area contributed by atoms with Crippen LogP contribution in [0.3, 0.4) is 0 Å². The van der Waals surface area contributed by atoms with E-state index >= 15 is 0 Å². The average molecular weight is 214 g/mol. The van der Waals surface area contributed by atoms with Crippen LogP contribution in [0.15, 0.2) is 6.20 Å². The van der Waals surface area contributed by atoms with Gasteiger partial charge in [0.1, 0.15) is 5.92 Å². The molecule has 4 nitrogen and oxygen atoms in total. The highest BCUT2D eigenvalue weighted by Crippen LogP contribution is 2.26. The Kier molecular flexibility index (Phi) is 3.60. The van der Waals surface area contributed by atoms with Crippen LogP contribution in [0.5, 0.6) is 0 Å². The van der Waals surface area contributed by atoms with Crippen LogP contribution in [-0.4, -0.2) is 22.6 Å². The zero-order valence-electron chi connectivity index (χ0n) is 8.23. The predicted octanol–water partition coefficient (Wildman–Crippen LogP) is 1.39. The summed E-state index contributed by atoms with van der Waals surface area (Å²) in [6.07, 6.45) is 1.62. The summed E-state index contributed by atoms with van der Waals surface area (Å²) in [7, 11) is 0. The van der Waals surface area contributed by atoms with E-state index in [1.165, 1.54) is 11.3 Å². The topological polar surface area (TPSA) is 76.2 Å². The molecule has 1 aromatic heterocycles. The number of carboxylic acids is 1. The van der Waals surface area contributed by atoms with Gasteiger partial charge in [-0.15, -0.1) is 11.3 Å². The Hall–Kier alpha value is -0.940. The van der Waals surface area contributed by atoms with Crippen LogP contribution in [0, 0.1) is 0 Å². The molecule has 14 heavy (non-hydrogen) atoms. The SMILES string of the molecule is CC(C)c1ncc(C(CN)C(=O)O)s1. The van der Waals surface area contributed by atoms with E-state index in [0.717, 1.165) is 9.88 Å². The molecule has 1 rings (SSSR count). The number of rotatable bonds is 4. The fourth-order valence-electron chi connectivity index (χ4n) is 1.07. The van der Waals surface area contributed by atoms with Gasteiger partial charge in [-0.05, 0) is 0 Å². The predicted molar refractivity (Wildman–Crippen MR) is 55.6 cm³/mol. The first-order valence-corrected chi connectivity index (χ1v) is 5.26. The summed E-state index contributed by atoms with van der Waals surface area (Å²) in [5.41, 5.74) is 5.39. The van der Waals surface area contributed by atoms with E-state index in [9.17, 15) is 4.79 Å². The summed E-state index contributed by atoms with van der Waals surface area (Å²) < 4.78 is 0. The van der Waals surface area contributed by atoms with Crippen molar-refractivity contribution in [2.75, 3.05) is 6.54 Å². The lowest BCUT2D eigenvalue weighted by Crippen LogP contribution is -2.20. The monoisotopic (exact) mass is 214 g/mol. The largest absolute Gasteiger partial charge is 0.481 e. The lowest BCUT2D eigenvalue weighted by Gasteiger charge is -2.05. The van der Waals surface area contributed by atoms with Crippen molar-refractivity contribution in [2.24, 2.45) is 5.73 Å². The highest BCUT2D eigenvalue weighted by molar-refractivity contribution is 7.11. The van der Waals surface area contributed by atoms with Crippen molar-refractivity contribution in [3.8, 4) is 0 Å². The van der Waals surface area contributed by atoms with E-state index in [1.54, 1.807) is 6.20 Å². The normalized spacial score (nSPS) is 13.1. The van der Waals surface area contributed by atoms with Crippen molar-refractivity contribution in [3.05, 3.63) is 16.1 Å². The second-order valence-corrected chi connectivity index (χ2v) is 4.48. The summed E-state index contributed by atoms with van der Waals surface area (Å²) in [5.74, 6) is -1.16. The van der Waals surface area contributed by atoms with Crippen molar-refractivity contribution in [3.63, 3.8) is 0 Å². The number of hydrogen-bond donors (Lipinski definition) is 2. The van der Waals surface area contributed by atoms with Gasteiger partial charge in [0.25, 0.3) is 0 Å². The van der Waals surface area contributed by atoms with E-state index in [0.29, 0.717) is 5.92 Å². The first-order chi connectivity index (χ1) is 6.56. The van der Waals surface area contributed by atoms with Crippen molar-refractivity contribution < 1.29 is 9.90 Å². The van der Waals surface area contributed by atoms with E-state index in [2.05, 4.69) is 4.98 Å². The number of carboxylic acid groups (broad SMARTS) is 1. The quantitative estimate of drug-likeness (QED) is 0.794. The summed E-state index contributed by atoms with van der Waals surface area (Å²) in [4.78, 5) is 15.7. The minimum Gasteiger partial charge on any atom is -0.481 e. The van der Waals surface area contributed by atoms with Gasteiger partial charge < -0.3 is 10.8 Å². The first kappa shape index (κ1) is 11.1. The van der Waals surface area contributed by atoms with Crippen molar-refractivity contribution in [1.82, 2.24) is 4.98 Å². The molecule has 0 radical (unpaired) electrons. The standard InChI is InChI=1S/C9H14N2O2S/c1-5(2)8-11-4-7(14-8)6(3-10)9(12)13/h4-6H,3,10H2,1-2H3,(H,12,13).